The van der Waals surface area contributed by atoms with Crippen molar-refractivity contribution in [2.75, 3.05) is 0 Å². The van der Waals surface area contributed by atoms with E-state index in [4.69, 9.17) is 0 Å². The van der Waals surface area contributed by atoms with Gasteiger partial charge in [-0.3, -0.25) is 0 Å². The third kappa shape index (κ3) is 2.08. The topological polar surface area (TPSA) is 4.10 Å². The van der Waals surface area contributed by atoms with Gasteiger partial charge >= 0.3 is 0 Å². The zero-order valence-corrected chi connectivity index (χ0v) is 11.9. The Balaban J connectivity index is 0.000000574. The molecule has 1 aromatic carbocycles. The number of nitrogens with zero attached hydrogens (tertiary/aromatic N) is 1. The van der Waals surface area contributed by atoms with Crippen LogP contribution < -0.4 is 4.40 Å². The minimum atomic E-state index is 1.03. The van der Waals surface area contributed by atoms with Gasteiger partial charge in [0.15, 0.2) is 6.20 Å². The first-order valence-corrected chi connectivity index (χ1v) is 6.74. The second kappa shape index (κ2) is 5.40. The fourth-order valence-corrected chi connectivity index (χ4v) is 2.49. The number of hydrogen-bond acceptors (Lipinski definition) is 1. The van der Waals surface area contributed by atoms with E-state index in [0.29, 0.717) is 0 Å². The van der Waals surface area contributed by atoms with Crippen molar-refractivity contribution >= 4 is 29.0 Å². The molecule has 0 atom stereocenters. The number of aromatic nitrogens is 1. The van der Waals surface area contributed by atoms with Gasteiger partial charge in [-0.05, 0) is 19.1 Å². The molecule has 0 saturated carbocycles. The Hall–Kier alpha value is -1.54. The molecular formula is C16H18NS+. The lowest BCUT2D eigenvalue weighted by atomic mass is 10.1. The largest absolute Gasteiger partial charge is 0.222 e. The summed E-state index contributed by atoms with van der Waals surface area (Å²) in [4.78, 5) is 1.03. The van der Waals surface area contributed by atoms with E-state index in [9.17, 15) is 0 Å². The van der Waals surface area contributed by atoms with Gasteiger partial charge < -0.3 is 0 Å². The van der Waals surface area contributed by atoms with E-state index in [2.05, 4.69) is 66.5 Å². The fourth-order valence-electron chi connectivity index (χ4n) is 2.18. The molecule has 0 N–H and O–H groups in total. The van der Waals surface area contributed by atoms with Gasteiger partial charge in [-0.2, -0.15) is 4.40 Å². The first kappa shape index (κ1) is 12.9. The molecule has 2 aromatic heterocycles. The van der Waals surface area contributed by atoms with Crippen LogP contribution in [-0.4, -0.2) is 0 Å². The van der Waals surface area contributed by atoms with E-state index >= 15 is 0 Å². The van der Waals surface area contributed by atoms with Gasteiger partial charge in [-0.1, -0.05) is 26.0 Å². The first-order valence-electron chi connectivity index (χ1n) is 6.29. The number of hydrogen-bond donors (Lipinski definition) is 1. The zero-order valence-electron chi connectivity index (χ0n) is 11.0. The second-order valence-electron chi connectivity index (χ2n) is 4.00. The molecule has 0 fully saturated rings. The maximum atomic E-state index is 4.56. The minimum Gasteiger partial charge on any atom is -0.160 e. The van der Waals surface area contributed by atoms with E-state index in [1.807, 2.05) is 19.9 Å². The van der Waals surface area contributed by atoms with Gasteiger partial charge in [-0.15, -0.1) is 12.6 Å². The highest BCUT2D eigenvalue weighted by atomic mass is 32.1. The van der Waals surface area contributed by atoms with Crippen molar-refractivity contribution in [3.05, 3.63) is 54.2 Å². The van der Waals surface area contributed by atoms with Crippen molar-refractivity contribution in [1.29, 1.82) is 0 Å². The fraction of sp³-hybridized carbons (Fsp3) is 0.188. The number of aryl methyl sites for hydroxylation is 1. The number of rotatable bonds is 0. The van der Waals surface area contributed by atoms with Crippen LogP contribution in [0.1, 0.15) is 19.4 Å². The van der Waals surface area contributed by atoms with Gasteiger partial charge in [0.25, 0.3) is 0 Å². The number of pyridine rings is 2. The molecule has 0 radical (unpaired) electrons. The molecule has 0 aliphatic carbocycles. The number of fused-ring (bicyclic) bond motifs is 3. The lowest BCUT2D eigenvalue weighted by Gasteiger charge is -2.02. The highest BCUT2D eigenvalue weighted by Gasteiger charge is 2.13. The summed E-state index contributed by atoms with van der Waals surface area (Å²) < 4.78 is 2.21. The Morgan fingerprint density at radius 2 is 1.78 bits per heavy atom. The molecule has 2 heteroatoms. The Labute approximate surface area is 113 Å². The van der Waals surface area contributed by atoms with Crippen LogP contribution in [0.2, 0.25) is 0 Å². The second-order valence-corrected chi connectivity index (χ2v) is 4.48. The molecule has 0 bridgehead atoms. The van der Waals surface area contributed by atoms with Crippen molar-refractivity contribution < 1.29 is 4.40 Å². The van der Waals surface area contributed by atoms with Crippen LogP contribution in [-0.2, 0) is 0 Å². The predicted octanol–water partition coefficient (Wildman–Crippen LogP) is 4.20. The molecule has 0 unspecified atom stereocenters. The normalized spacial score (nSPS) is 10.2. The van der Waals surface area contributed by atoms with E-state index in [0.717, 1.165) is 4.90 Å². The van der Waals surface area contributed by atoms with Gasteiger partial charge in [0.05, 0.1) is 5.39 Å². The summed E-state index contributed by atoms with van der Waals surface area (Å²) in [6.45, 7) is 6.13. The number of benzene rings is 1. The Morgan fingerprint density at radius 1 is 1.00 bits per heavy atom. The van der Waals surface area contributed by atoms with Gasteiger partial charge in [0.2, 0.25) is 11.0 Å². The summed E-state index contributed by atoms with van der Waals surface area (Å²) in [5.74, 6) is 0. The first-order chi connectivity index (χ1) is 8.77. The third-order valence-corrected chi connectivity index (χ3v) is 3.30. The molecule has 1 nitrogen and oxygen atoms in total. The summed E-state index contributed by atoms with van der Waals surface area (Å²) in [6, 6.07) is 14.6. The molecule has 0 saturated heterocycles. The minimum absolute atomic E-state index is 1.03. The van der Waals surface area contributed by atoms with Crippen LogP contribution in [0.4, 0.5) is 0 Å². The molecule has 92 valence electrons. The third-order valence-electron chi connectivity index (χ3n) is 2.93. The number of thiol groups is 1. The molecule has 0 spiro atoms. The summed E-state index contributed by atoms with van der Waals surface area (Å²) >= 11 is 4.56. The van der Waals surface area contributed by atoms with Gasteiger partial charge in [0, 0.05) is 28.7 Å². The van der Waals surface area contributed by atoms with Crippen LogP contribution >= 0.6 is 12.6 Å². The van der Waals surface area contributed by atoms with Gasteiger partial charge in [-0.25, -0.2) is 0 Å². The van der Waals surface area contributed by atoms with Gasteiger partial charge in [0.1, 0.15) is 0 Å². The molecule has 18 heavy (non-hydrogen) atoms. The quantitative estimate of drug-likeness (QED) is 0.349. The molecule has 0 aliphatic heterocycles. The Kier molecular flexibility index (Phi) is 3.87. The van der Waals surface area contributed by atoms with E-state index in [1.54, 1.807) is 0 Å². The van der Waals surface area contributed by atoms with E-state index in [1.165, 1.54) is 22.0 Å². The molecule has 3 aromatic rings. The molecule has 0 aliphatic rings. The monoisotopic (exact) mass is 256 g/mol. The molecular weight excluding hydrogens is 238 g/mol. The lowest BCUT2D eigenvalue weighted by Crippen LogP contribution is -2.23. The average molecular weight is 256 g/mol. The van der Waals surface area contributed by atoms with Crippen molar-refractivity contribution in [2.24, 2.45) is 0 Å². The van der Waals surface area contributed by atoms with E-state index in [-0.39, 0.29) is 0 Å². The number of para-hydroxylation sites is 1. The standard InChI is InChI=1S/C14H11NS.C2H6/c1-10-5-4-7-12-13(16)9-11-6-2-3-8-15(11)14(10)12;1-2/h2-9H,1H3;1-2H3/p+1. The Bertz CT molecular complexity index is 689. The van der Waals surface area contributed by atoms with Crippen LogP contribution in [0.15, 0.2) is 53.6 Å². The molecule has 0 amide bonds. The molecule has 3 rings (SSSR count). The summed E-state index contributed by atoms with van der Waals surface area (Å²) in [7, 11) is 0. The van der Waals surface area contributed by atoms with Crippen LogP contribution in [0, 0.1) is 6.92 Å². The van der Waals surface area contributed by atoms with Crippen LogP contribution in [0.25, 0.3) is 16.4 Å². The lowest BCUT2D eigenvalue weighted by molar-refractivity contribution is -0.482. The summed E-state index contributed by atoms with van der Waals surface area (Å²) in [5, 5.41) is 1.20. The van der Waals surface area contributed by atoms with Crippen molar-refractivity contribution in [3.63, 3.8) is 0 Å². The maximum Gasteiger partial charge on any atom is 0.222 e. The highest BCUT2D eigenvalue weighted by Crippen LogP contribution is 2.22. The average Bonchev–Trinajstić information content (AvgIpc) is 2.41. The molecule has 2 heterocycles. The van der Waals surface area contributed by atoms with Crippen molar-refractivity contribution in [1.82, 2.24) is 0 Å². The van der Waals surface area contributed by atoms with Crippen molar-refractivity contribution in [3.8, 4) is 0 Å². The maximum absolute atomic E-state index is 4.56. The van der Waals surface area contributed by atoms with Crippen molar-refractivity contribution in [2.45, 2.75) is 25.7 Å². The highest BCUT2D eigenvalue weighted by molar-refractivity contribution is 7.80. The summed E-state index contributed by atoms with van der Waals surface area (Å²) in [5.41, 5.74) is 3.69. The predicted molar refractivity (Wildman–Crippen MR) is 80.4 cm³/mol. The summed E-state index contributed by atoms with van der Waals surface area (Å²) in [6.07, 6.45) is 2.10. The SMILES string of the molecule is CC.Cc1cccc2c(S)cc3cccc[n+]3c12. The smallest absolute Gasteiger partial charge is 0.160 e. The van der Waals surface area contributed by atoms with E-state index < -0.39 is 0 Å². The Morgan fingerprint density at radius 3 is 2.56 bits per heavy atom. The van der Waals surface area contributed by atoms with Crippen LogP contribution in [0.3, 0.4) is 0 Å². The zero-order chi connectivity index (χ0) is 13.1. The van der Waals surface area contributed by atoms with Crippen LogP contribution in [0.5, 0.6) is 0 Å².